The lowest BCUT2D eigenvalue weighted by atomic mass is 10.0. The molecule has 0 saturated heterocycles. The molecule has 0 aromatic rings. The highest BCUT2D eigenvalue weighted by Crippen LogP contribution is 2.19. The second-order valence-corrected chi connectivity index (χ2v) is 13.1. The van der Waals surface area contributed by atoms with Crippen LogP contribution in [0.2, 0.25) is 0 Å². The topological polar surface area (TPSA) is 63.6 Å². The predicted octanol–water partition coefficient (Wildman–Crippen LogP) is 13.2. The van der Waals surface area contributed by atoms with Crippen LogP contribution >= 0.6 is 0 Å². The molecular weight excluding hydrogens is 544 g/mol. The number of hydrogen-bond acceptors (Lipinski definition) is 3. The molecule has 1 N–H and O–H groups in total. The van der Waals surface area contributed by atoms with Gasteiger partial charge in [-0.25, -0.2) is 0 Å². The average molecular weight is 619 g/mol. The predicted molar refractivity (Wildman–Crippen MR) is 190 cm³/mol. The number of aliphatic carboxylic acids is 1. The number of carboxylic acid groups (broad SMARTS) is 1. The van der Waals surface area contributed by atoms with Crippen LogP contribution in [0.25, 0.3) is 0 Å². The molecule has 0 radical (unpaired) electrons. The van der Waals surface area contributed by atoms with Crippen LogP contribution < -0.4 is 0 Å². The summed E-state index contributed by atoms with van der Waals surface area (Å²) >= 11 is 0. The summed E-state index contributed by atoms with van der Waals surface area (Å²) in [6.07, 6.45) is 44.7. The molecule has 0 aromatic heterocycles. The first kappa shape index (κ1) is 42.4. The summed E-state index contributed by atoms with van der Waals surface area (Å²) in [4.78, 5) is 23.4. The van der Waals surface area contributed by atoms with Gasteiger partial charge in [-0.05, 0) is 70.6 Å². The first-order valence-corrected chi connectivity index (χ1v) is 19.3. The minimum Gasteiger partial charge on any atom is -0.481 e. The normalized spacial score (nSPS) is 12.4. The molecule has 4 heteroatoms. The molecule has 0 saturated carbocycles. The van der Waals surface area contributed by atoms with Gasteiger partial charge >= 0.3 is 11.9 Å². The first-order valence-electron chi connectivity index (χ1n) is 19.3. The molecule has 258 valence electrons. The summed E-state index contributed by atoms with van der Waals surface area (Å²) < 4.78 is 5.97. The third-order valence-corrected chi connectivity index (χ3v) is 8.68. The highest BCUT2D eigenvalue weighted by atomic mass is 16.5. The number of carbonyl (C=O) groups is 2. The molecule has 44 heavy (non-hydrogen) atoms. The molecule has 0 spiro atoms. The number of unbranched alkanes of at least 4 members (excludes halogenated alkanes) is 22. The monoisotopic (exact) mass is 619 g/mol. The second kappa shape index (κ2) is 35.9. The van der Waals surface area contributed by atoms with E-state index in [2.05, 4.69) is 38.2 Å². The van der Waals surface area contributed by atoms with Gasteiger partial charge < -0.3 is 9.84 Å². The third-order valence-electron chi connectivity index (χ3n) is 8.68. The Morgan fingerprint density at radius 3 is 1.39 bits per heavy atom. The van der Waals surface area contributed by atoms with Crippen molar-refractivity contribution in [2.24, 2.45) is 0 Å². The lowest BCUT2D eigenvalue weighted by Gasteiger charge is -2.18. The van der Waals surface area contributed by atoms with Gasteiger partial charge in [-0.3, -0.25) is 9.59 Å². The number of esters is 1. The molecule has 0 aliphatic rings. The smallest absolute Gasteiger partial charge is 0.306 e. The number of carbonyl (C=O) groups excluding carboxylic acids is 1. The fourth-order valence-electron chi connectivity index (χ4n) is 5.80. The van der Waals surface area contributed by atoms with Crippen LogP contribution in [0.4, 0.5) is 0 Å². The van der Waals surface area contributed by atoms with Gasteiger partial charge in [0, 0.05) is 12.8 Å². The quantitative estimate of drug-likeness (QED) is 0.0436. The molecular formula is C40H74O4. The van der Waals surface area contributed by atoms with E-state index in [4.69, 9.17) is 9.84 Å². The Hall–Kier alpha value is -1.58. The molecule has 0 bridgehead atoms. The summed E-state index contributed by atoms with van der Waals surface area (Å²) in [5.41, 5.74) is 0. The van der Waals surface area contributed by atoms with Crippen LogP contribution in [0.5, 0.6) is 0 Å². The maximum Gasteiger partial charge on any atom is 0.306 e. The minimum absolute atomic E-state index is 0.0227. The minimum atomic E-state index is -0.711. The van der Waals surface area contributed by atoms with Crippen LogP contribution in [0.1, 0.15) is 213 Å². The maximum absolute atomic E-state index is 12.6. The molecule has 0 rings (SSSR count). The zero-order valence-corrected chi connectivity index (χ0v) is 29.5. The second-order valence-electron chi connectivity index (χ2n) is 13.1. The van der Waals surface area contributed by atoms with Crippen molar-refractivity contribution in [3.8, 4) is 0 Å². The number of allylic oxidation sites excluding steroid dienone is 4. The summed E-state index contributed by atoms with van der Waals surface area (Å²) in [6.45, 7) is 4.52. The summed E-state index contributed by atoms with van der Waals surface area (Å²) in [5, 5.41) is 8.84. The van der Waals surface area contributed by atoms with Crippen molar-refractivity contribution in [1.29, 1.82) is 0 Å². The zero-order valence-electron chi connectivity index (χ0n) is 29.5. The van der Waals surface area contributed by atoms with E-state index < -0.39 is 5.97 Å². The van der Waals surface area contributed by atoms with E-state index in [0.29, 0.717) is 6.42 Å². The number of carboxylic acids is 1. The molecule has 0 amide bonds. The Morgan fingerprint density at radius 2 is 0.886 bits per heavy atom. The van der Waals surface area contributed by atoms with Gasteiger partial charge in [0.15, 0.2) is 0 Å². The summed E-state index contributed by atoms with van der Waals surface area (Å²) in [7, 11) is 0. The fraction of sp³-hybridized carbons (Fsp3) is 0.850. The van der Waals surface area contributed by atoms with E-state index >= 15 is 0 Å². The molecule has 4 nitrogen and oxygen atoms in total. The SMILES string of the molecule is CCCCC/C=C\C/C=C\CCCCCCCC(=O)OC(CCCCCCCCCCCCCC)CCCCCCC(=O)O. The molecule has 0 aliphatic heterocycles. The Bertz CT molecular complexity index is 668. The fourth-order valence-corrected chi connectivity index (χ4v) is 5.80. The first-order chi connectivity index (χ1) is 21.6. The molecule has 0 fully saturated rings. The third kappa shape index (κ3) is 34.9. The highest BCUT2D eigenvalue weighted by molar-refractivity contribution is 5.69. The maximum atomic E-state index is 12.6. The Morgan fingerprint density at radius 1 is 0.500 bits per heavy atom. The van der Waals surface area contributed by atoms with Gasteiger partial charge in [-0.15, -0.1) is 0 Å². The lowest BCUT2D eigenvalue weighted by Crippen LogP contribution is -2.18. The molecule has 0 aliphatic carbocycles. The van der Waals surface area contributed by atoms with Crippen LogP contribution in [-0.4, -0.2) is 23.1 Å². The Kier molecular flexibility index (Phi) is 34.6. The molecule has 1 atom stereocenters. The summed E-state index contributed by atoms with van der Waals surface area (Å²) in [5.74, 6) is -0.734. The van der Waals surface area contributed by atoms with Crippen LogP contribution in [-0.2, 0) is 14.3 Å². The zero-order chi connectivity index (χ0) is 32.2. The van der Waals surface area contributed by atoms with Gasteiger partial charge in [-0.1, -0.05) is 154 Å². The number of hydrogen-bond donors (Lipinski definition) is 1. The van der Waals surface area contributed by atoms with Crippen molar-refractivity contribution in [2.75, 3.05) is 0 Å². The van der Waals surface area contributed by atoms with E-state index in [1.54, 1.807) is 0 Å². The van der Waals surface area contributed by atoms with Gasteiger partial charge in [0.1, 0.15) is 6.10 Å². The molecule has 0 heterocycles. The van der Waals surface area contributed by atoms with Gasteiger partial charge in [-0.2, -0.15) is 0 Å². The van der Waals surface area contributed by atoms with Crippen molar-refractivity contribution in [1.82, 2.24) is 0 Å². The van der Waals surface area contributed by atoms with E-state index in [1.807, 2.05) is 0 Å². The highest BCUT2D eigenvalue weighted by Gasteiger charge is 2.14. The van der Waals surface area contributed by atoms with E-state index in [-0.39, 0.29) is 18.5 Å². The number of ether oxygens (including phenoxy) is 1. The van der Waals surface area contributed by atoms with E-state index in [9.17, 15) is 9.59 Å². The largest absolute Gasteiger partial charge is 0.481 e. The average Bonchev–Trinajstić information content (AvgIpc) is 3.01. The van der Waals surface area contributed by atoms with Crippen molar-refractivity contribution in [3.05, 3.63) is 24.3 Å². The van der Waals surface area contributed by atoms with Crippen LogP contribution in [0, 0.1) is 0 Å². The molecule has 0 aromatic carbocycles. The molecule has 1 unspecified atom stereocenters. The van der Waals surface area contributed by atoms with Crippen molar-refractivity contribution >= 4 is 11.9 Å². The van der Waals surface area contributed by atoms with Gasteiger partial charge in [0.25, 0.3) is 0 Å². The standard InChI is InChI=1S/C40H74O4/c1-3-5-7-9-11-13-15-17-18-19-21-23-25-27-33-37-40(43)44-38(35-31-28-29-32-36-39(41)42)34-30-26-24-22-20-16-14-12-10-8-6-4-2/h11,13,17-18,38H,3-10,12,14-16,19-37H2,1-2H3,(H,41,42)/b13-11-,18-17-. The number of rotatable bonds is 35. The van der Waals surface area contributed by atoms with Gasteiger partial charge in [0.2, 0.25) is 0 Å². The Balaban J connectivity index is 4.02. The van der Waals surface area contributed by atoms with Gasteiger partial charge in [0.05, 0.1) is 0 Å². The van der Waals surface area contributed by atoms with E-state index in [0.717, 1.165) is 70.6 Å². The summed E-state index contributed by atoms with van der Waals surface area (Å²) in [6, 6.07) is 0. The van der Waals surface area contributed by atoms with E-state index in [1.165, 1.54) is 116 Å². The lowest BCUT2D eigenvalue weighted by molar-refractivity contribution is -0.150. The van der Waals surface area contributed by atoms with Crippen molar-refractivity contribution in [3.63, 3.8) is 0 Å². The van der Waals surface area contributed by atoms with Crippen LogP contribution in [0.15, 0.2) is 24.3 Å². The van der Waals surface area contributed by atoms with Crippen molar-refractivity contribution < 1.29 is 19.4 Å². The Labute approximate surface area is 274 Å². The van der Waals surface area contributed by atoms with Crippen LogP contribution in [0.3, 0.4) is 0 Å². The van der Waals surface area contributed by atoms with Crippen molar-refractivity contribution in [2.45, 2.75) is 219 Å².